The molecule has 6 heteroatoms. The molecule has 0 radical (unpaired) electrons. The SMILES string of the molecule is CC(OC(=O)C1(c2ccccc2)CCCC1)C(=O)Nc1sccc1C#N. The van der Waals surface area contributed by atoms with Crippen molar-refractivity contribution in [2.75, 3.05) is 5.32 Å². The van der Waals surface area contributed by atoms with Gasteiger partial charge in [0.1, 0.15) is 11.1 Å². The first-order valence-electron chi connectivity index (χ1n) is 8.62. The van der Waals surface area contributed by atoms with Crippen molar-refractivity contribution in [2.24, 2.45) is 0 Å². The third kappa shape index (κ3) is 3.49. The molecule has 1 aliphatic rings. The van der Waals surface area contributed by atoms with Crippen LogP contribution in [0.4, 0.5) is 5.00 Å². The lowest BCUT2D eigenvalue weighted by molar-refractivity contribution is -0.159. The highest BCUT2D eigenvalue weighted by molar-refractivity contribution is 7.14. The summed E-state index contributed by atoms with van der Waals surface area (Å²) in [6, 6.07) is 13.3. The number of rotatable bonds is 5. The molecule has 1 unspecified atom stereocenters. The number of carbonyl (C=O) groups is 2. The molecule has 0 aliphatic heterocycles. The molecule has 134 valence electrons. The third-order valence-electron chi connectivity index (χ3n) is 4.85. The predicted molar refractivity (Wildman–Crippen MR) is 99.8 cm³/mol. The Balaban J connectivity index is 1.71. The van der Waals surface area contributed by atoms with Crippen molar-refractivity contribution in [2.45, 2.75) is 44.1 Å². The quantitative estimate of drug-likeness (QED) is 0.809. The van der Waals surface area contributed by atoms with Gasteiger partial charge in [0.15, 0.2) is 6.10 Å². The van der Waals surface area contributed by atoms with Crippen molar-refractivity contribution in [3.8, 4) is 6.07 Å². The van der Waals surface area contributed by atoms with Crippen LogP contribution in [0, 0.1) is 11.3 Å². The topological polar surface area (TPSA) is 79.2 Å². The van der Waals surface area contributed by atoms with Crippen molar-refractivity contribution in [3.63, 3.8) is 0 Å². The second-order valence-electron chi connectivity index (χ2n) is 6.47. The zero-order chi connectivity index (χ0) is 18.6. The van der Waals surface area contributed by atoms with Gasteiger partial charge in [-0.05, 0) is 36.8 Å². The zero-order valence-electron chi connectivity index (χ0n) is 14.5. The molecule has 1 fully saturated rings. The first-order valence-corrected chi connectivity index (χ1v) is 9.50. The fourth-order valence-corrected chi connectivity index (χ4v) is 4.12. The van der Waals surface area contributed by atoms with Crippen LogP contribution < -0.4 is 5.32 Å². The van der Waals surface area contributed by atoms with Gasteiger partial charge in [-0.25, -0.2) is 0 Å². The maximum atomic E-state index is 13.0. The lowest BCUT2D eigenvalue weighted by Gasteiger charge is -2.28. The van der Waals surface area contributed by atoms with Crippen molar-refractivity contribution in [1.82, 2.24) is 0 Å². The molecule has 2 aromatic rings. The van der Waals surface area contributed by atoms with E-state index in [1.807, 2.05) is 36.4 Å². The van der Waals surface area contributed by atoms with Gasteiger partial charge in [0.05, 0.1) is 11.0 Å². The fourth-order valence-electron chi connectivity index (χ4n) is 3.38. The number of nitriles is 1. The van der Waals surface area contributed by atoms with Gasteiger partial charge in [-0.2, -0.15) is 5.26 Å². The summed E-state index contributed by atoms with van der Waals surface area (Å²) in [5.74, 6) is -0.783. The molecule has 1 aromatic heterocycles. The van der Waals surface area contributed by atoms with E-state index in [-0.39, 0.29) is 5.97 Å². The maximum Gasteiger partial charge on any atom is 0.317 e. The van der Waals surface area contributed by atoms with Crippen LogP contribution in [0.1, 0.15) is 43.7 Å². The van der Waals surface area contributed by atoms with Crippen molar-refractivity contribution in [3.05, 3.63) is 52.9 Å². The Morgan fingerprint density at radius 1 is 1.23 bits per heavy atom. The van der Waals surface area contributed by atoms with Crippen molar-refractivity contribution < 1.29 is 14.3 Å². The number of hydrogen-bond acceptors (Lipinski definition) is 5. The summed E-state index contributed by atoms with van der Waals surface area (Å²) >= 11 is 1.27. The molecular formula is C20H20N2O3S. The molecule has 1 heterocycles. The Bertz CT molecular complexity index is 832. The van der Waals surface area contributed by atoms with E-state index in [1.165, 1.54) is 11.3 Å². The van der Waals surface area contributed by atoms with Crippen molar-refractivity contribution >= 4 is 28.2 Å². The molecule has 3 rings (SSSR count). The number of nitrogens with zero attached hydrogens (tertiary/aromatic N) is 1. The summed E-state index contributed by atoms with van der Waals surface area (Å²) in [6.07, 6.45) is 2.45. The number of thiophene rings is 1. The number of nitrogens with one attached hydrogen (secondary N) is 1. The van der Waals surface area contributed by atoms with E-state index >= 15 is 0 Å². The Labute approximate surface area is 156 Å². The van der Waals surface area contributed by atoms with Gasteiger partial charge >= 0.3 is 5.97 Å². The van der Waals surface area contributed by atoms with Crippen LogP contribution in [0.15, 0.2) is 41.8 Å². The molecule has 5 nitrogen and oxygen atoms in total. The van der Waals surface area contributed by atoms with Crippen LogP contribution in [0.25, 0.3) is 0 Å². The summed E-state index contributed by atoms with van der Waals surface area (Å²) in [7, 11) is 0. The Morgan fingerprint density at radius 3 is 2.58 bits per heavy atom. The average molecular weight is 368 g/mol. The van der Waals surface area contributed by atoms with Gasteiger partial charge in [-0.1, -0.05) is 43.2 Å². The highest BCUT2D eigenvalue weighted by Gasteiger charge is 2.45. The van der Waals surface area contributed by atoms with Crippen LogP contribution in [-0.4, -0.2) is 18.0 Å². The minimum atomic E-state index is -0.933. The predicted octanol–water partition coefficient (Wildman–Crippen LogP) is 4.00. The van der Waals surface area contributed by atoms with Crippen LogP contribution in [0.3, 0.4) is 0 Å². The molecule has 26 heavy (non-hydrogen) atoms. The van der Waals surface area contributed by atoms with Gasteiger partial charge in [0.25, 0.3) is 5.91 Å². The van der Waals surface area contributed by atoms with Gasteiger partial charge in [-0.3, -0.25) is 9.59 Å². The molecule has 0 saturated heterocycles. The number of carbonyl (C=O) groups excluding carboxylic acids is 2. The summed E-state index contributed by atoms with van der Waals surface area (Å²) in [4.78, 5) is 25.3. The highest BCUT2D eigenvalue weighted by atomic mass is 32.1. The average Bonchev–Trinajstić information content (AvgIpc) is 3.32. The summed E-state index contributed by atoms with van der Waals surface area (Å²) in [6.45, 7) is 1.56. The number of anilines is 1. The maximum absolute atomic E-state index is 13.0. The lowest BCUT2D eigenvalue weighted by atomic mass is 9.79. The van der Waals surface area contributed by atoms with Gasteiger partial charge < -0.3 is 10.1 Å². The summed E-state index contributed by atoms with van der Waals surface area (Å²) in [5.41, 5.74) is 0.676. The largest absolute Gasteiger partial charge is 0.452 e. The van der Waals surface area contributed by atoms with E-state index in [0.29, 0.717) is 10.6 Å². The first-order chi connectivity index (χ1) is 12.6. The molecule has 1 amide bonds. The molecule has 1 atom stereocenters. The second-order valence-corrected chi connectivity index (χ2v) is 7.38. The standard InChI is InChI=1S/C20H20N2O3S/c1-14(17(23)22-18-15(13-21)9-12-26-18)25-19(24)20(10-5-6-11-20)16-7-3-2-4-8-16/h2-4,7-9,12,14H,5-6,10-11H2,1H3,(H,22,23). The monoisotopic (exact) mass is 368 g/mol. The molecular weight excluding hydrogens is 348 g/mol. The van der Waals surface area contributed by atoms with E-state index < -0.39 is 17.4 Å². The van der Waals surface area contributed by atoms with Crippen LogP contribution in [0.5, 0.6) is 0 Å². The van der Waals surface area contributed by atoms with Crippen LogP contribution in [0.2, 0.25) is 0 Å². The zero-order valence-corrected chi connectivity index (χ0v) is 15.3. The van der Waals surface area contributed by atoms with Crippen LogP contribution in [-0.2, 0) is 19.7 Å². The lowest BCUT2D eigenvalue weighted by Crippen LogP contribution is -2.39. The van der Waals surface area contributed by atoms with Gasteiger partial charge in [-0.15, -0.1) is 11.3 Å². The normalized spacial score (nSPS) is 16.5. The molecule has 1 N–H and O–H groups in total. The number of esters is 1. The number of ether oxygens (including phenoxy) is 1. The summed E-state index contributed by atoms with van der Waals surface area (Å²) in [5, 5.41) is 13.9. The Kier molecular flexibility index (Phi) is 5.38. The van der Waals surface area contributed by atoms with Gasteiger partial charge in [0.2, 0.25) is 0 Å². The Morgan fingerprint density at radius 2 is 1.92 bits per heavy atom. The third-order valence-corrected chi connectivity index (χ3v) is 5.68. The molecule has 0 spiro atoms. The number of hydrogen-bond donors (Lipinski definition) is 1. The highest BCUT2D eigenvalue weighted by Crippen LogP contribution is 2.42. The number of amides is 1. The van der Waals surface area contributed by atoms with E-state index in [9.17, 15) is 9.59 Å². The Hall–Kier alpha value is -2.65. The smallest absolute Gasteiger partial charge is 0.317 e. The van der Waals surface area contributed by atoms with Crippen LogP contribution >= 0.6 is 11.3 Å². The van der Waals surface area contributed by atoms with E-state index in [1.54, 1.807) is 18.4 Å². The summed E-state index contributed by atoms with van der Waals surface area (Å²) < 4.78 is 5.55. The molecule has 0 bridgehead atoms. The molecule has 1 aliphatic carbocycles. The minimum absolute atomic E-state index is 0.351. The molecule has 1 saturated carbocycles. The molecule has 1 aromatic carbocycles. The van der Waals surface area contributed by atoms with E-state index in [4.69, 9.17) is 10.00 Å². The van der Waals surface area contributed by atoms with Crippen molar-refractivity contribution in [1.29, 1.82) is 5.26 Å². The minimum Gasteiger partial charge on any atom is -0.452 e. The van der Waals surface area contributed by atoms with E-state index in [0.717, 1.165) is 31.2 Å². The fraction of sp³-hybridized carbons (Fsp3) is 0.350. The number of benzene rings is 1. The first kappa shape index (κ1) is 18.2. The van der Waals surface area contributed by atoms with Gasteiger partial charge in [0, 0.05) is 0 Å². The second kappa shape index (κ2) is 7.71. The van der Waals surface area contributed by atoms with E-state index in [2.05, 4.69) is 5.32 Å².